The molecular formula is C26H32N4O2. The lowest BCUT2D eigenvalue weighted by molar-refractivity contribution is -0.143. The van der Waals surface area contributed by atoms with E-state index in [9.17, 15) is 4.79 Å². The normalized spacial score (nSPS) is 13.2. The highest BCUT2D eigenvalue weighted by Crippen LogP contribution is 2.25. The summed E-state index contributed by atoms with van der Waals surface area (Å²) < 4.78 is 5.00. The average Bonchev–Trinajstić information content (AvgIpc) is 3.06. The number of esters is 1. The summed E-state index contributed by atoms with van der Waals surface area (Å²) in [4.78, 5) is 22.9. The number of hydrogen-bond donors (Lipinski definition) is 1. The third-order valence-corrected chi connectivity index (χ3v) is 5.27. The Balaban J connectivity index is 1.68. The number of unbranched alkanes of at least 4 members (excludes halogenated alkanes) is 3. The van der Waals surface area contributed by atoms with Crippen molar-refractivity contribution in [2.75, 3.05) is 30.3 Å². The van der Waals surface area contributed by atoms with Crippen molar-refractivity contribution in [3.8, 4) is 0 Å². The zero-order valence-corrected chi connectivity index (χ0v) is 18.7. The van der Waals surface area contributed by atoms with E-state index in [4.69, 9.17) is 10.5 Å². The minimum absolute atomic E-state index is 0.105. The highest BCUT2D eigenvalue weighted by Gasteiger charge is 2.15. The van der Waals surface area contributed by atoms with Crippen LogP contribution < -0.4 is 10.6 Å². The predicted molar refractivity (Wildman–Crippen MR) is 132 cm³/mol. The SMILES string of the molecule is CCOC(=O)CCCCCCN(C1=CC(c2ccc(N)cc2)=CC=NC1)c1ccccn1. The van der Waals surface area contributed by atoms with Gasteiger partial charge in [0.25, 0.3) is 0 Å². The summed E-state index contributed by atoms with van der Waals surface area (Å²) in [5.74, 6) is 0.810. The van der Waals surface area contributed by atoms with Gasteiger partial charge in [-0.3, -0.25) is 9.79 Å². The summed E-state index contributed by atoms with van der Waals surface area (Å²) in [7, 11) is 0. The smallest absolute Gasteiger partial charge is 0.305 e. The van der Waals surface area contributed by atoms with E-state index < -0.39 is 0 Å². The Morgan fingerprint density at radius 1 is 1.09 bits per heavy atom. The summed E-state index contributed by atoms with van der Waals surface area (Å²) in [5, 5.41) is 0. The molecule has 3 rings (SSSR count). The van der Waals surface area contributed by atoms with Crippen LogP contribution in [-0.2, 0) is 9.53 Å². The molecule has 0 fully saturated rings. The van der Waals surface area contributed by atoms with Gasteiger partial charge in [-0.2, -0.15) is 0 Å². The van der Waals surface area contributed by atoms with Crippen molar-refractivity contribution in [3.63, 3.8) is 0 Å². The summed E-state index contributed by atoms with van der Waals surface area (Å²) in [6.07, 6.45) is 12.3. The number of anilines is 2. The van der Waals surface area contributed by atoms with E-state index in [0.29, 0.717) is 19.6 Å². The molecule has 0 spiro atoms. The van der Waals surface area contributed by atoms with E-state index in [2.05, 4.69) is 21.0 Å². The number of rotatable bonds is 11. The first-order valence-corrected chi connectivity index (χ1v) is 11.3. The van der Waals surface area contributed by atoms with E-state index in [-0.39, 0.29) is 5.97 Å². The number of aromatic nitrogens is 1. The number of allylic oxidation sites excluding steroid dienone is 3. The Morgan fingerprint density at radius 2 is 1.91 bits per heavy atom. The molecule has 1 aromatic heterocycles. The van der Waals surface area contributed by atoms with Crippen LogP contribution in [-0.4, -0.2) is 36.9 Å². The van der Waals surface area contributed by atoms with Gasteiger partial charge in [-0.15, -0.1) is 0 Å². The van der Waals surface area contributed by atoms with Crippen LogP contribution in [0.15, 0.2) is 71.5 Å². The van der Waals surface area contributed by atoms with Gasteiger partial charge in [0.2, 0.25) is 0 Å². The molecule has 0 aliphatic carbocycles. The van der Waals surface area contributed by atoms with E-state index in [1.54, 1.807) is 0 Å². The number of nitrogen functional groups attached to an aromatic ring is 1. The number of benzene rings is 1. The molecule has 1 aliphatic heterocycles. The minimum Gasteiger partial charge on any atom is -0.466 e. The van der Waals surface area contributed by atoms with Gasteiger partial charge < -0.3 is 15.4 Å². The molecule has 0 unspecified atom stereocenters. The fraction of sp³-hybridized carbons (Fsp3) is 0.346. The van der Waals surface area contributed by atoms with Crippen LogP contribution in [0.1, 0.15) is 44.6 Å². The summed E-state index contributed by atoms with van der Waals surface area (Å²) in [6, 6.07) is 13.9. The lowest BCUT2D eigenvalue weighted by Crippen LogP contribution is -2.26. The molecule has 2 N–H and O–H groups in total. The van der Waals surface area contributed by atoms with E-state index >= 15 is 0 Å². The van der Waals surface area contributed by atoms with E-state index in [0.717, 1.165) is 60.6 Å². The minimum atomic E-state index is -0.105. The topological polar surface area (TPSA) is 80.8 Å². The lowest BCUT2D eigenvalue weighted by atomic mass is 10.0. The first-order valence-electron chi connectivity index (χ1n) is 11.3. The van der Waals surface area contributed by atoms with Crippen LogP contribution >= 0.6 is 0 Å². The number of nitrogens with zero attached hydrogens (tertiary/aromatic N) is 3. The summed E-state index contributed by atoms with van der Waals surface area (Å²) >= 11 is 0. The quantitative estimate of drug-likeness (QED) is 0.306. The standard InChI is InChI=1S/C26H32N4O2/c1-2-32-26(31)10-5-3-4-8-18-30(25-9-6-7-16-29-25)24-19-22(15-17-28-20-24)21-11-13-23(27)14-12-21/h6-7,9,11-17,19H,2-5,8,10,18,20,27H2,1H3. The Hall–Kier alpha value is -3.41. The highest BCUT2D eigenvalue weighted by atomic mass is 16.5. The number of hydrogen-bond acceptors (Lipinski definition) is 6. The number of nitrogens with two attached hydrogens (primary N) is 1. The molecule has 168 valence electrons. The van der Waals surface area contributed by atoms with E-state index in [1.165, 1.54) is 0 Å². The molecule has 0 amide bonds. The number of ether oxygens (including phenoxy) is 1. The fourth-order valence-corrected chi connectivity index (χ4v) is 3.62. The number of carbonyl (C=O) groups is 1. The highest BCUT2D eigenvalue weighted by molar-refractivity contribution is 5.90. The molecular weight excluding hydrogens is 400 g/mol. The monoisotopic (exact) mass is 432 g/mol. The molecule has 2 aromatic rings. The Morgan fingerprint density at radius 3 is 2.66 bits per heavy atom. The predicted octanol–water partition coefficient (Wildman–Crippen LogP) is 5.04. The van der Waals surface area contributed by atoms with Gasteiger partial charge in [0.05, 0.1) is 13.2 Å². The largest absolute Gasteiger partial charge is 0.466 e. The number of carbonyl (C=O) groups excluding carboxylic acids is 1. The average molecular weight is 433 g/mol. The lowest BCUT2D eigenvalue weighted by Gasteiger charge is -2.26. The molecule has 0 atom stereocenters. The molecule has 0 bridgehead atoms. The number of aliphatic imine (C=N–C) groups is 1. The van der Waals surface area contributed by atoms with Crippen LogP contribution in [0.5, 0.6) is 0 Å². The summed E-state index contributed by atoms with van der Waals surface area (Å²) in [5.41, 5.74) is 9.90. The second-order valence-electron chi connectivity index (χ2n) is 7.68. The zero-order chi connectivity index (χ0) is 22.6. The van der Waals surface area contributed by atoms with Crippen molar-refractivity contribution in [2.24, 2.45) is 4.99 Å². The van der Waals surface area contributed by atoms with Crippen LogP contribution in [0.4, 0.5) is 11.5 Å². The molecule has 2 heterocycles. The second kappa shape index (κ2) is 12.4. The number of pyridine rings is 1. The Kier molecular flexibility index (Phi) is 9.05. The molecule has 6 nitrogen and oxygen atoms in total. The molecule has 6 heteroatoms. The Labute approximate surface area is 190 Å². The molecule has 1 aromatic carbocycles. The van der Waals surface area contributed by atoms with Gasteiger partial charge in [0, 0.05) is 36.8 Å². The van der Waals surface area contributed by atoms with Crippen molar-refractivity contribution < 1.29 is 9.53 Å². The molecule has 1 aliphatic rings. The first-order chi connectivity index (χ1) is 15.7. The van der Waals surface area contributed by atoms with Gasteiger partial charge >= 0.3 is 5.97 Å². The maximum Gasteiger partial charge on any atom is 0.305 e. The molecule has 32 heavy (non-hydrogen) atoms. The summed E-state index contributed by atoms with van der Waals surface area (Å²) in [6.45, 7) is 3.72. The van der Waals surface area contributed by atoms with Crippen molar-refractivity contribution in [1.82, 2.24) is 4.98 Å². The first kappa shape index (κ1) is 23.3. The zero-order valence-electron chi connectivity index (χ0n) is 18.7. The molecule has 0 radical (unpaired) electrons. The molecule has 0 saturated carbocycles. The van der Waals surface area contributed by atoms with Gasteiger partial charge in [-0.1, -0.05) is 31.0 Å². The van der Waals surface area contributed by atoms with Crippen molar-refractivity contribution in [3.05, 3.63) is 72.1 Å². The maximum absolute atomic E-state index is 11.5. The fourth-order valence-electron chi connectivity index (χ4n) is 3.62. The van der Waals surface area contributed by atoms with Gasteiger partial charge in [-0.05, 0) is 67.3 Å². The second-order valence-corrected chi connectivity index (χ2v) is 7.68. The van der Waals surface area contributed by atoms with Gasteiger partial charge in [0.15, 0.2) is 0 Å². The van der Waals surface area contributed by atoms with Gasteiger partial charge in [0.1, 0.15) is 5.82 Å². The van der Waals surface area contributed by atoms with Crippen molar-refractivity contribution >= 4 is 29.3 Å². The van der Waals surface area contributed by atoms with Crippen LogP contribution in [0.3, 0.4) is 0 Å². The third kappa shape index (κ3) is 7.08. The van der Waals surface area contributed by atoms with Crippen LogP contribution in [0, 0.1) is 0 Å². The van der Waals surface area contributed by atoms with Crippen molar-refractivity contribution in [2.45, 2.75) is 39.0 Å². The van der Waals surface area contributed by atoms with E-state index in [1.807, 2.05) is 67.9 Å². The third-order valence-electron chi connectivity index (χ3n) is 5.27. The van der Waals surface area contributed by atoms with Crippen molar-refractivity contribution in [1.29, 1.82) is 0 Å². The Bertz CT molecular complexity index is 950. The van der Waals surface area contributed by atoms with Crippen LogP contribution in [0.25, 0.3) is 5.57 Å². The van der Waals surface area contributed by atoms with Gasteiger partial charge in [-0.25, -0.2) is 4.98 Å². The van der Waals surface area contributed by atoms with Crippen LogP contribution in [0.2, 0.25) is 0 Å². The molecule has 0 saturated heterocycles. The maximum atomic E-state index is 11.5.